The summed E-state index contributed by atoms with van der Waals surface area (Å²) in [4.78, 5) is 25.0. The van der Waals surface area contributed by atoms with Crippen LogP contribution in [0.15, 0.2) is 0 Å². The molecule has 0 aromatic rings. The first-order chi connectivity index (χ1) is 9.52. The van der Waals surface area contributed by atoms with Crippen LogP contribution in [0.1, 0.15) is 45.4 Å². The first-order valence-corrected chi connectivity index (χ1v) is 7.94. The molecule has 0 aromatic heterocycles. The van der Waals surface area contributed by atoms with Crippen molar-refractivity contribution in [3.8, 4) is 0 Å². The van der Waals surface area contributed by atoms with E-state index in [4.69, 9.17) is 9.47 Å². The SMILES string of the molecule is CC1(OC(=O)N2CCC(OC(=O)CS)CC2)CCCC1. The summed E-state index contributed by atoms with van der Waals surface area (Å²) in [6.07, 6.45) is 5.19. The van der Waals surface area contributed by atoms with Crippen molar-refractivity contribution < 1.29 is 19.1 Å². The molecule has 1 saturated carbocycles. The zero-order valence-corrected chi connectivity index (χ0v) is 12.9. The molecule has 1 aliphatic heterocycles. The van der Waals surface area contributed by atoms with Crippen LogP contribution in [0.4, 0.5) is 4.79 Å². The summed E-state index contributed by atoms with van der Waals surface area (Å²) < 4.78 is 10.9. The predicted octanol–water partition coefficient (Wildman–Crippen LogP) is 2.39. The second kappa shape index (κ2) is 6.70. The second-order valence-electron chi connectivity index (χ2n) is 5.86. The minimum Gasteiger partial charge on any atom is -0.462 e. The van der Waals surface area contributed by atoms with Crippen molar-refractivity contribution >= 4 is 24.7 Å². The summed E-state index contributed by atoms with van der Waals surface area (Å²) in [6, 6.07) is 0. The van der Waals surface area contributed by atoms with Crippen LogP contribution in [0.5, 0.6) is 0 Å². The van der Waals surface area contributed by atoms with Crippen LogP contribution >= 0.6 is 12.6 Å². The molecule has 0 aromatic carbocycles. The van der Waals surface area contributed by atoms with E-state index in [2.05, 4.69) is 12.6 Å². The van der Waals surface area contributed by atoms with Crippen molar-refractivity contribution in [1.82, 2.24) is 4.90 Å². The van der Waals surface area contributed by atoms with Crippen molar-refractivity contribution in [2.24, 2.45) is 0 Å². The van der Waals surface area contributed by atoms with E-state index in [0.29, 0.717) is 25.9 Å². The number of amides is 1. The summed E-state index contributed by atoms with van der Waals surface area (Å²) in [7, 11) is 0. The molecule has 5 nitrogen and oxygen atoms in total. The number of carbonyl (C=O) groups excluding carboxylic acids is 2. The molecule has 2 rings (SSSR count). The fourth-order valence-corrected chi connectivity index (χ4v) is 2.95. The van der Waals surface area contributed by atoms with Gasteiger partial charge in [0.1, 0.15) is 11.7 Å². The molecule has 6 heteroatoms. The number of thiol groups is 1. The van der Waals surface area contributed by atoms with E-state index in [9.17, 15) is 9.59 Å². The van der Waals surface area contributed by atoms with Gasteiger partial charge in [0.05, 0.1) is 5.75 Å². The van der Waals surface area contributed by atoms with Gasteiger partial charge in [0, 0.05) is 25.9 Å². The molecule has 0 unspecified atom stereocenters. The summed E-state index contributed by atoms with van der Waals surface area (Å²) in [5.41, 5.74) is -0.285. The largest absolute Gasteiger partial charge is 0.462 e. The molecule has 0 bridgehead atoms. The molecule has 2 aliphatic rings. The molecule has 20 heavy (non-hydrogen) atoms. The number of ether oxygens (including phenoxy) is 2. The van der Waals surface area contributed by atoms with Gasteiger partial charge in [-0.15, -0.1) is 0 Å². The van der Waals surface area contributed by atoms with Gasteiger partial charge in [0.25, 0.3) is 0 Å². The lowest BCUT2D eigenvalue weighted by molar-refractivity contribution is -0.147. The van der Waals surface area contributed by atoms with E-state index in [1.165, 1.54) is 0 Å². The average molecular weight is 301 g/mol. The number of rotatable bonds is 3. The Labute approximate surface area is 125 Å². The van der Waals surface area contributed by atoms with E-state index in [0.717, 1.165) is 25.7 Å². The molecule has 2 fully saturated rings. The Morgan fingerprint density at radius 3 is 2.40 bits per heavy atom. The van der Waals surface area contributed by atoms with Gasteiger partial charge in [0.15, 0.2) is 0 Å². The number of hydrogen-bond donors (Lipinski definition) is 1. The Kier molecular flexibility index (Phi) is 5.18. The van der Waals surface area contributed by atoms with Crippen LogP contribution in [0.2, 0.25) is 0 Å². The fraction of sp³-hybridized carbons (Fsp3) is 0.857. The highest BCUT2D eigenvalue weighted by molar-refractivity contribution is 7.81. The third-order valence-electron chi connectivity index (χ3n) is 4.12. The Hall–Kier alpha value is -0.910. The molecule has 1 amide bonds. The lowest BCUT2D eigenvalue weighted by Crippen LogP contribution is -2.44. The lowest BCUT2D eigenvalue weighted by atomic mass is 10.1. The van der Waals surface area contributed by atoms with E-state index in [1.807, 2.05) is 6.92 Å². The first kappa shape index (κ1) is 15.5. The molecular formula is C14H23NO4S. The van der Waals surface area contributed by atoms with Gasteiger partial charge in [-0.25, -0.2) is 4.79 Å². The minimum atomic E-state index is -0.298. The predicted molar refractivity (Wildman–Crippen MR) is 77.9 cm³/mol. The summed E-state index contributed by atoms with van der Waals surface area (Å²) >= 11 is 3.88. The molecular weight excluding hydrogens is 278 g/mol. The number of carbonyl (C=O) groups is 2. The molecule has 0 N–H and O–H groups in total. The molecule has 0 atom stereocenters. The van der Waals surface area contributed by atoms with E-state index < -0.39 is 0 Å². The standard InChI is InChI=1S/C14H23NO4S/c1-14(6-2-3-7-14)19-13(17)15-8-4-11(5-9-15)18-12(16)10-20/h11,20H,2-10H2,1H3. The maximum atomic E-state index is 12.1. The Bertz CT molecular complexity index is 360. The van der Waals surface area contributed by atoms with Crippen LogP contribution in [-0.2, 0) is 14.3 Å². The van der Waals surface area contributed by atoms with Crippen LogP contribution in [0.3, 0.4) is 0 Å². The lowest BCUT2D eigenvalue weighted by Gasteiger charge is -2.34. The van der Waals surface area contributed by atoms with E-state index >= 15 is 0 Å². The maximum Gasteiger partial charge on any atom is 0.410 e. The Morgan fingerprint density at radius 1 is 1.25 bits per heavy atom. The van der Waals surface area contributed by atoms with Crippen molar-refractivity contribution in [2.75, 3.05) is 18.8 Å². The molecule has 114 valence electrons. The zero-order chi connectivity index (χ0) is 14.6. The Morgan fingerprint density at radius 2 is 1.85 bits per heavy atom. The molecule has 1 saturated heterocycles. The van der Waals surface area contributed by atoms with E-state index in [1.54, 1.807) is 4.90 Å². The first-order valence-electron chi connectivity index (χ1n) is 7.31. The summed E-state index contributed by atoms with van der Waals surface area (Å²) in [6.45, 7) is 3.18. The third-order valence-corrected chi connectivity index (χ3v) is 4.38. The van der Waals surface area contributed by atoms with Crippen LogP contribution < -0.4 is 0 Å². The van der Waals surface area contributed by atoms with Crippen molar-refractivity contribution in [3.63, 3.8) is 0 Å². The molecule has 1 aliphatic carbocycles. The number of likely N-dealkylation sites (tertiary alicyclic amines) is 1. The van der Waals surface area contributed by atoms with Crippen LogP contribution in [0.25, 0.3) is 0 Å². The van der Waals surface area contributed by atoms with Crippen molar-refractivity contribution in [1.29, 1.82) is 0 Å². The zero-order valence-electron chi connectivity index (χ0n) is 12.0. The number of nitrogens with zero attached hydrogens (tertiary/aromatic N) is 1. The van der Waals surface area contributed by atoms with Gasteiger partial charge < -0.3 is 14.4 Å². The quantitative estimate of drug-likeness (QED) is 0.642. The van der Waals surface area contributed by atoms with Gasteiger partial charge in [0.2, 0.25) is 0 Å². The normalized spacial score (nSPS) is 22.6. The fourth-order valence-electron chi connectivity index (χ4n) is 2.88. The van der Waals surface area contributed by atoms with Gasteiger partial charge in [-0.05, 0) is 32.6 Å². The van der Waals surface area contributed by atoms with Crippen molar-refractivity contribution in [2.45, 2.75) is 57.2 Å². The highest BCUT2D eigenvalue weighted by atomic mass is 32.1. The second-order valence-corrected chi connectivity index (χ2v) is 6.18. The summed E-state index contributed by atoms with van der Waals surface area (Å²) in [5, 5.41) is 0. The molecule has 0 radical (unpaired) electrons. The van der Waals surface area contributed by atoms with Crippen molar-refractivity contribution in [3.05, 3.63) is 0 Å². The minimum absolute atomic E-state index is 0.0965. The number of esters is 1. The van der Waals surface area contributed by atoms with Gasteiger partial charge in [-0.2, -0.15) is 12.6 Å². The topological polar surface area (TPSA) is 55.8 Å². The van der Waals surface area contributed by atoms with Gasteiger partial charge in [-0.3, -0.25) is 4.79 Å². The van der Waals surface area contributed by atoms with Gasteiger partial charge >= 0.3 is 12.1 Å². The highest BCUT2D eigenvalue weighted by Gasteiger charge is 2.35. The van der Waals surface area contributed by atoms with Gasteiger partial charge in [-0.1, -0.05) is 0 Å². The maximum absolute atomic E-state index is 12.1. The number of piperidine rings is 1. The highest BCUT2D eigenvalue weighted by Crippen LogP contribution is 2.33. The number of hydrogen-bond acceptors (Lipinski definition) is 5. The average Bonchev–Trinajstić information content (AvgIpc) is 2.85. The molecule has 1 heterocycles. The monoisotopic (exact) mass is 301 g/mol. The molecule has 0 spiro atoms. The smallest absolute Gasteiger partial charge is 0.410 e. The summed E-state index contributed by atoms with van der Waals surface area (Å²) in [5.74, 6) is -0.200. The third kappa shape index (κ3) is 4.04. The van der Waals surface area contributed by atoms with Crippen LogP contribution in [-0.4, -0.2) is 47.5 Å². The van der Waals surface area contributed by atoms with Crippen LogP contribution in [0, 0.1) is 0 Å². The Balaban J connectivity index is 1.75. The van der Waals surface area contributed by atoms with E-state index in [-0.39, 0.29) is 29.5 Å².